The molecule has 0 spiro atoms. The van der Waals surface area contributed by atoms with Crippen LogP contribution in [0.25, 0.3) is 0 Å². The minimum Gasteiger partial charge on any atom is -0.390 e. The van der Waals surface area contributed by atoms with Crippen LogP contribution in [-0.2, 0) is 10.0 Å². The first kappa shape index (κ1) is 15.2. The van der Waals surface area contributed by atoms with Gasteiger partial charge in [-0.2, -0.15) is 0 Å². The predicted molar refractivity (Wildman–Crippen MR) is 63.9 cm³/mol. The van der Waals surface area contributed by atoms with E-state index in [2.05, 4.69) is 10.0 Å². The SMILES string of the molecule is O=S(=O)(N[C@@H]1CCNC[C@H]1O)c1ccc(F)c(F)c1F. The third-order valence-electron chi connectivity index (χ3n) is 3.05. The quantitative estimate of drug-likeness (QED) is 0.692. The summed E-state index contributed by atoms with van der Waals surface area (Å²) >= 11 is 0. The second kappa shape index (κ2) is 5.68. The summed E-state index contributed by atoms with van der Waals surface area (Å²) in [5.74, 6) is -5.09. The fourth-order valence-corrected chi connectivity index (χ4v) is 3.33. The molecule has 2 atom stereocenters. The standard InChI is InChI=1S/C11H13F3N2O3S/c12-6-1-2-9(11(14)10(6)13)20(18,19)16-7-3-4-15-5-8(7)17/h1-2,7-8,15-17H,3-5H2/t7-,8-/m1/s1. The van der Waals surface area contributed by atoms with Crippen molar-refractivity contribution in [2.45, 2.75) is 23.5 Å². The van der Waals surface area contributed by atoms with Crippen molar-refractivity contribution in [3.63, 3.8) is 0 Å². The molecule has 0 bridgehead atoms. The van der Waals surface area contributed by atoms with Crippen molar-refractivity contribution in [2.75, 3.05) is 13.1 Å². The van der Waals surface area contributed by atoms with Gasteiger partial charge in [0.05, 0.1) is 12.1 Å². The van der Waals surface area contributed by atoms with Crippen molar-refractivity contribution in [3.05, 3.63) is 29.6 Å². The van der Waals surface area contributed by atoms with Gasteiger partial charge in [-0.15, -0.1) is 0 Å². The zero-order chi connectivity index (χ0) is 14.9. The van der Waals surface area contributed by atoms with Gasteiger partial charge < -0.3 is 10.4 Å². The normalized spacial score (nSPS) is 23.8. The number of benzene rings is 1. The number of piperidine rings is 1. The van der Waals surface area contributed by atoms with Crippen LogP contribution in [0.15, 0.2) is 17.0 Å². The summed E-state index contributed by atoms with van der Waals surface area (Å²) < 4.78 is 65.4. The molecular weight excluding hydrogens is 297 g/mol. The lowest BCUT2D eigenvalue weighted by Crippen LogP contribution is -2.52. The van der Waals surface area contributed by atoms with Crippen LogP contribution < -0.4 is 10.0 Å². The summed E-state index contributed by atoms with van der Waals surface area (Å²) in [6, 6.07) is 0.365. The highest BCUT2D eigenvalue weighted by Gasteiger charge is 2.30. The molecule has 1 aliphatic rings. The third-order valence-corrected chi connectivity index (χ3v) is 4.55. The zero-order valence-electron chi connectivity index (χ0n) is 10.2. The number of hydrogen-bond acceptors (Lipinski definition) is 4. The number of halogens is 3. The molecule has 1 saturated heterocycles. The molecule has 3 N–H and O–H groups in total. The Labute approximate surface area is 113 Å². The summed E-state index contributed by atoms with van der Waals surface area (Å²) in [5, 5.41) is 12.5. The molecule has 0 aromatic heterocycles. The topological polar surface area (TPSA) is 78.4 Å². The molecule has 0 radical (unpaired) electrons. The lowest BCUT2D eigenvalue weighted by molar-refractivity contribution is 0.113. The van der Waals surface area contributed by atoms with Gasteiger partial charge in [0.2, 0.25) is 10.0 Å². The summed E-state index contributed by atoms with van der Waals surface area (Å²) in [7, 11) is -4.38. The summed E-state index contributed by atoms with van der Waals surface area (Å²) in [4.78, 5) is -0.984. The van der Waals surface area contributed by atoms with E-state index in [-0.39, 0.29) is 6.54 Å². The molecule has 5 nitrogen and oxygen atoms in total. The van der Waals surface area contributed by atoms with Gasteiger partial charge in [-0.3, -0.25) is 0 Å². The second-order valence-corrected chi connectivity index (χ2v) is 6.14. The van der Waals surface area contributed by atoms with Crippen molar-refractivity contribution in [3.8, 4) is 0 Å². The maximum absolute atomic E-state index is 13.5. The lowest BCUT2D eigenvalue weighted by Gasteiger charge is -2.28. The van der Waals surface area contributed by atoms with Crippen molar-refractivity contribution in [2.24, 2.45) is 0 Å². The van der Waals surface area contributed by atoms with Gasteiger partial charge >= 0.3 is 0 Å². The highest BCUT2D eigenvalue weighted by Crippen LogP contribution is 2.20. The number of hydrogen-bond donors (Lipinski definition) is 3. The minimum atomic E-state index is -4.38. The highest BCUT2D eigenvalue weighted by atomic mass is 32.2. The van der Waals surface area contributed by atoms with Crippen LogP contribution in [0, 0.1) is 17.5 Å². The van der Waals surface area contributed by atoms with E-state index in [1.165, 1.54) is 0 Å². The van der Waals surface area contributed by atoms with E-state index < -0.39 is 44.5 Å². The Morgan fingerprint density at radius 3 is 2.60 bits per heavy atom. The Balaban J connectivity index is 2.29. The van der Waals surface area contributed by atoms with Crippen LogP contribution in [0.5, 0.6) is 0 Å². The van der Waals surface area contributed by atoms with Crippen molar-refractivity contribution < 1.29 is 26.7 Å². The van der Waals surface area contributed by atoms with E-state index >= 15 is 0 Å². The van der Waals surface area contributed by atoms with Gasteiger partial charge in [0.15, 0.2) is 17.5 Å². The largest absolute Gasteiger partial charge is 0.390 e. The summed E-state index contributed by atoms with van der Waals surface area (Å²) in [6.45, 7) is 0.665. The lowest BCUT2D eigenvalue weighted by atomic mass is 10.1. The van der Waals surface area contributed by atoms with Gasteiger partial charge in [0.1, 0.15) is 4.90 Å². The van der Waals surface area contributed by atoms with E-state index in [1.54, 1.807) is 0 Å². The number of aliphatic hydroxyl groups is 1. The van der Waals surface area contributed by atoms with Gasteiger partial charge in [-0.05, 0) is 25.1 Å². The predicted octanol–water partition coefficient (Wildman–Crippen LogP) is 0.105. The molecule has 0 saturated carbocycles. The van der Waals surface area contributed by atoms with Gasteiger partial charge in [0.25, 0.3) is 0 Å². The first-order chi connectivity index (χ1) is 9.33. The van der Waals surface area contributed by atoms with Crippen LogP contribution in [-0.4, -0.2) is 38.8 Å². The first-order valence-electron chi connectivity index (χ1n) is 5.87. The van der Waals surface area contributed by atoms with Crippen LogP contribution in [0.2, 0.25) is 0 Å². The van der Waals surface area contributed by atoms with Crippen LogP contribution in [0.3, 0.4) is 0 Å². The van der Waals surface area contributed by atoms with E-state index in [1.807, 2.05) is 0 Å². The van der Waals surface area contributed by atoms with E-state index in [0.717, 1.165) is 0 Å². The average Bonchev–Trinajstić information content (AvgIpc) is 2.38. The molecule has 112 valence electrons. The molecule has 1 heterocycles. The summed E-state index contributed by atoms with van der Waals surface area (Å²) in [6.07, 6.45) is -0.682. The smallest absolute Gasteiger partial charge is 0.243 e. The monoisotopic (exact) mass is 310 g/mol. The maximum Gasteiger partial charge on any atom is 0.243 e. The number of aliphatic hydroxyl groups excluding tert-OH is 1. The number of β-amino-alcohol motifs (C(OH)–C–C–N with tert-alkyl or cyclic N) is 1. The highest BCUT2D eigenvalue weighted by molar-refractivity contribution is 7.89. The molecule has 0 amide bonds. The maximum atomic E-state index is 13.5. The first-order valence-corrected chi connectivity index (χ1v) is 7.36. The van der Waals surface area contributed by atoms with Crippen molar-refractivity contribution in [1.82, 2.24) is 10.0 Å². The molecule has 0 aliphatic carbocycles. The van der Waals surface area contributed by atoms with E-state index in [9.17, 15) is 26.7 Å². The molecule has 1 aromatic rings. The molecule has 1 fully saturated rings. The van der Waals surface area contributed by atoms with E-state index in [4.69, 9.17) is 0 Å². The Morgan fingerprint density at radius 1 is 1.25 bits per heavy atom. The van der Waals surface area contributed by atoms with Crippen LogP contribution >= 0.6 is 0 Å². The van der Waals surface area contributed by atoms with Crippen LogP contribution in [0.1, 0.15) is 6.42 Å². The number of sulfonamides is 1. The average molecular weight is 310 g/mol. The second-order valence-electron chi connectivity index (χ2n) is 4.46. The molecule has 1 aliphatic heterocycles. The minimum absolute atomic E-state index is 0.188. The zero-order valence-corrected chi connectivity index (χ0v) is 11.1. The molecular formula is C11H13F3N2O3S. The van der Waals surface area contributed by atoms with E-state index in [0.29, 0.717) is 25.1 Å². The molecule has 0 unspecified atom stereocenters. The van der Waals surface area contributed by atoms with Crippen LogP contribution in [0.4, 0.5) is 13.2 Å². The third kappa shape index (κ3) is 2.95. The van der Waals surface area contributed by atoms with Crippen molar-refractivity contribution in [1.29, 1.82) is 0 Å². The van der Waals surface area contributed by atoms with Gasteiger partial charge in [0, 0.05) is 6.54 Å². The Morgan fingerprint density at radius 2 is 1.95 bits per heavy atom. The Kier molecular flexibility index (Phi) is 4.33. The Bertz CT molecular complexity index is 609. The molecule has 9 heteroatoms. The van der Waals surface area contributed by atoms with Crippen molar-refractivity contribution >= 4 is 10.0 Å². The fraction of sp³-hybridized carbons (Fsp3) is 0.455. The molecule has 2 rings (SSSR count). The number of nitrogens with one attached hydrogen (secondary N) is 2. The Hall–Kier alpha value is -1.16. The molecule has 1 aromatic carbocycles. The summed E-state index contributed by atoms with van der Waals surface area (Å²) in [5.41, 5.74) is 0. The molecule has 20 heavy (non-hydrogen) atoms. The van der Waals surface area contributed by atoms with Gasteiger partial charge in [-0.25, -0.2) is 26.3 Å². The fourth-order valence-electron chi connectivity index (χ4n) is 1.96. The number of rotatable bonds is 3. The van der Waals surface area contributed by atoms with Gasteiger partial charge in [-0.1, -0.05) is 0 Å².